The summed E-state index contributed by atoms with van der Waals surface area (Å²) in [6.07, 6.45) is 3.33. The molecule has 1 rings (SSSR count). The monoisotopic (exact) mass is 379 g/mol. The molecule has 1 N–H and O–H groups in total. The minimum Gasteiger partial charge on any atom is -0.298 e. The summed E-state index contributed by atoms with van der Waals surface area (Å²) < 4.78 is 64.9. The zero-order valence-corrected chi connectivity index (χ0v) is 15.5. The Hall–Kier alpha value is -0.280. The Labute approximate surface area is 137 Å². The Bertz CT molecular complexity index is 513. The van der Waals surface area contributed by atoms with E-state index in [4.69, 9.17) is 0 Å². The highest BCUT2D eigenvalue weighted by Gasteiger charge is 2.58. The first-order valence-corrected chi connectivity index (χ1v) is 11.0. The van der Waals surface area contributed by atoms with Crippen LogP contribution in [0.5, 0.6) is 0 Å². The first-order chi connectivity index (χ1) is 10.3. The molecule has 23 heavy (non-hydrogen) atoms. The van der Waals surface area contributed by atoms with Crippen LogP contribution < -0.4 is 0 Å². The van der Waals surface area contributed by atoms with E-state index in [2.05, 4.69) is 3.63 Å². The molecule has 0 aromatic rings. The molecule has 1 saturated carbocycles. The molecule has 138 valence electrons. The van der Waals surface area contributed by atoms with Crippen LogP contribution in [0.4, 0.5) is 13.2 Å². The van der Waals surface area contributed by atoms with Crippen molar-refractivity contribution in [2.45, 2.75) is 69.4 Å². The fraction of sp³-hybridized carbons (Fsp3) is 0.929. The van der Waals surface area contributed by atoms with Gasteiger partial charge in [0.1, 0.15) is 0 Å². The molecule has 0 radical (unpaired) electrons. The van der Waals surface area contributed by atoms with Crippen LogP contribution >= 0.6 is 10.3 Å². The van der Waals surface area contributed by atoms with E-state index >= 15 is 0 Å². The maximum Gasteiger partial charge on any atom is 0.572 e. The summed E-state index contributed by atoms with van der Waals surface area (Å²) in [5, 5.41) is -0.852. The molecule has 1 aliphatic carbocycles. The Kier molecular flexibility index (Phi) is 6.60. The molecule has 9 heteroatoms. The predicted molar refractivity (Wildman–Crippen MR) is 87.3 cm³/mol. The molecular formula is C14H26F3O4S2+. The van der Waals surface area contributed by atoms with Gasteiger partial charge in [-0.3, -0.25) is 8.42 Å². The second kappa shape index (κ2) is 7.31. The van der Waals surface area contributed by atoms with Gasteiger partial charge in [0.05, 0.1) is 5.75 Å². The van der Waals surface area contributed by atoms with Crippen molar-refractivity contribution in [2.75, 3.05) is 5.75 Å². The van der Waals surface area contributed by atoms with Crippen molar-refractivity contribution < 1.29 is 30.0 Å². The van der Waals surface area contributed by atoms with Crippen molar-refractivity contribution in [3.05, 3.63) is 0 Å². The summed E-state index contributed by atoms with van der Waals surface area (Å²) in [4.78, 5) is 12.5. The second-order valence-electron chi connectivity index (χ2n) is 6.49. The zero-order valence-electron chi connectivity index (χ0n) is 13.9. The lowest BCUT2D eigenvalue weighted by Gasteiger charge is -2.40. The first kappa shape index (κ1) is 20.8. The van der Waals surface area contributed by atoms with Crippen molar-refractivity contribution >= 4 is 26.2 Å². The number of alkyl halides is 3. The third-order valence-electron chi connectivity index (χ3n) is 4.35. The van der Waals surface area contributed by atoms with Gasteiger partial charge in [0, 0.05) is 16.4 Å². The van der Waals surface area contributed by atoms with Gasteiger partial charge in [-0.1, -0.05) is 12.8 Å². The quantitative estimate of drug-likeness (QED) is 0.378. The molecule has 0 saturated heterocycles. The second-order valence-corrected chi connectivity index (χ2v) is 12.3. The van der Waals surface area contributed by atoms with Gasteiger partial charge >= 0.3 is 15.6 Å². The van der Waals surface area contributed by atoms with Crippen molar-refractivity contribution in [1.29, 1.82) is 0 Å². The molecule has 0 aromatic heterocycles. The normalized spacial score (nSPS) is 18.8. The number of carbonyl (C=O) groups excluding carboxylic acids is 1. The number of carbonyl (C=O) groups is 1. The van der Waals surface area contributed by atoms with Gasteiger partial charge in [-0.25, -0.2) is 0 Å². The van der Waals surface area contributed by atoms with Crippen LogP contribution in [0.25, 0.3) is 0 Å². The van der Waals surface area contributed by atoms with Crippen LogP contribution in [0.3, 0.4) is 0 Å². The molecule has 0 heterocycles. The topological polar surface area (TPSA) is 64.0 Å². The lowest BCUT2D eigenvalue weighted by atomic mass is 10.0. The van der Waals surface area contributed by atoms with Crippen LogP contribution in [0.15, 0.2) is 0 Å². The van der Waals surface area contributed by atoms with Crippen LogP contribution in [-0.2, 0) is 14.9 Å². The van der Waals surface area contributed by atoms with E-state index < -0.39 is 36.4 Å². The molecule has 1 aliphatic rings. The van der Waals surface area contributed by atoms with E-state index in [9.17, 15) is 26.4 Å². The summed E-state index contributed by atoms with van der Waals surface area (Å²) in [7, 11) is -8.24. The molecule has 1 fully saturated rings. The summed E-state index contributed by atoms with van der Waals surface area (Å²) in [5.74, 6) is -0.480. The molecule has 0 unspecified atom stereocenters. The lowest BCUT2D eigenvalue weighted by Crippen LogP contribution is -2.39. The Morgan fingerprint density at radius 1 is 1.09 bits per heavy atom. The summed E-state index contributed by atoms with van der Waals surface area (Å²) in [6.45, 7) is 6.58. The Morgan fingerprint density at radius 2 is 1.52 bits per heavy atom. The minimum absolute atomic E-state index is 0.138. The zero-order chi connectivity index (χ0) is 18.1. The number of hydrogen-bond donors (Lipinski definition) is 0. The number of halogens is 3. The van der Waals surface area contributed by atoms with Gasteiger partial charge < -0.3 is 0 Å². The SMILES string of the molecule is CC(C)S(CC(=O)C1CCCC1)([OH+]S(=O)(=O)C(F)(F)F)C(C)C. The van der Waals surface area contributed by atoms with Crippen molar-refractivity contribution in [3.63, 3.8) is 0 Å². The van der Waals surface area contributed by atoms with Crippen molar-refractivity contribution in [2.24, 2.45) is 5.92 Å². The largest absolute Gasteiger partial charge is 0.572 e. The van der Waals surface area contributed by atoms with Gasteiger partial charge in [0.25, 0.3) is 0 Å². The predicted octanol–water partition coefficient (Wildman–Crippen LogP) is 4.23. The first-order valence-electron chi connectivity index (χ1n) is 7.70. The lowest BCUT2D eigenvalue weighted by molar-refractivity contribution is -0.120. The highest BCUT2D eigenvalue weighted by atomic mass is 32.3. The van der Waals surface area contributed by atoms with Crippen molar-refractivity contribution in [1.82, 2.24) is 0 Å². The number of rotatable bonds is 7. The number of hydrogen-bond acceptors (Lipinski definition) is 3. The maximum absolute atomic E-state index is 12.8. The summed E-state index contributed by atoms with van der Waals surface area (Å²) in [6, 6.07) is 0. The molecular weight excluding hydrogens is 353 g/mol. The van der Waals surface area contributed by atoms with Crippen LogP contribution in [0.2, 0.25) is 0 Å². The Morgan fingerprint density at radius 3 is 1.87 bits per heavy atom. The third kappa shape index (κ3) is 4.63. The van der Waals surface area contributed by atoms with Crippen LogP contribution in [-0.4, -0.2) is 39.6 Å². The standard InChI is InChI=1S/C14H25F3O4S2/c1-10(2)22(11(3)4,21-23(19,20)14(15,16)17)9-13(18)12-7-5-6-8-12/h10-12H,5-9H2,1-4H3/p+1. The third-order valence-corrected chi connectivity index (χ3v) is 10.8. The van der Waals surface area contributed by atoms with Gasteiger partial charge in [-0.15, -0.1) is 8.42 Å². The average Bonchev–Trinajstić information content (AvgIpc) is 2.89. The molecule has 0 amide bonds. The van der Waals surface area contributed by atoms with E-state index in [1.165, 1.54) is 0 Å². The average molecular weight is 379 g/mol. The smallest absolute Gasteiger partial charge is 0.298 e. The summed E-state index contributed by atoms with van der Waals surface area (Å²) >= 11 is 0. The highest BCUT2D eigenvalue weighted by Crippen LogP contribution is 2.58. The van der Waals surface area contributed by atoms with E-state index in [-0.39, 0.29) is 17.5 Å². The minimum atomic E-state index is -5.60. The van der Waals surface area contributed by atoms with Gasteiger partial charge in [-0.05, 0) is 50.8 Å². The van der Waals surface area contributed by atoms with Crippen LogP contribution in [0, 0.1) is 5.92 Å². The fourth-order valence-electron chi connectivity index (χ4n) is 2.89. The van der Waals surface area contributed by atoms with E-state index in [1.807, 2.05) is 0 Å². The molecule has 4 nitrogen and oxygen atoms in total. The Balaban J connectivity index is 3.14. The van der Waals surface area contributed by atoms with Gasteiger partial charge in [0.2, 0.25) is 0 Å². The van der Waals surface area contributed by atoms with Gasteiger partial charge in [-0.2, -0.15) is 13.2 Å². The number of Topliss-reactive ketones (excluding diaryl/α,β-unsaturated/α-hetero) is 1. The molecule has 0 aliphatic heterocycles. The van der Waals surface area contributed by atoms with E-state index in [0.29, 0.717) is 0 Å². The van der Waals surface area contributed by atoms with Crippen LogP contribution in [0.1, 0.15) is 53.4 Å². The summed E-state index contributed by atoms with van der Waals surface area (Å²) in [5.41, 5.74) is -5.43. The van der Waals surface area contributed by atoms with Crippen molar-refractivity contribution in [3.8, 4) is 0 Å². The molecule has 0 atom stereocenters. The molecule has 0 aromatic carbocycles. The fourth-order valence-corrected chi connectivity index (χ4v) is 8.73. The molecule has 0 bridgehead atoms. The highest BCUT2D eigenvalue weighted by molar-refractivity contribution is 8.33. The maximum atomic E-state index is 12.8. The molecule has 0 spiro atoms. The van der Waals surface area contributed by atoms with E-state index in [1.54, 1.807) is 27.7 Å². The number of ketones is 1. The van der Waals surface area contributed by atoms with Gasteiger partial charge in [0.15, 0.2) is 5.78 Å². The van der Waals surface area contributed by atoms with E-state index in [0.717, 1.165) is 25.7 Å².